The lowest BCUT2D eigenvalue weighted by molar-refractivity contribution is -0.155. The Hall–Kier alpha value is -4.95. The largest absolute Gasteiger partial charge is 0.483 e. The highest BCUT2D eigenvalue weighted by atomic mass is 16.6. The van der Waals surface area contributed by atoms with Gasteiger partial charge in [0.2, 0.25) is 11.8 Å². The summed E-state index contributed by atoms with van der Waals surface area (Å²) in [6.45, 7) is 10.1. The van der Waals surface area contributed by atoms with E-state index >= 15 is 0 Å². The molecule has 3 aliphatic rings. The van der Waals surface area contributed by atoms with Crippen LogP contribution in [0.25, 0.3) is 10.9 Å². The number of nitrogens with zero attached hydrogens (tertiary/aromatic N) is 4. The topological polar surface area (TPSA) is 177 Å². The van der Waals surface area contributed by atoms with E-state index in [9.17, 15) is 28.8 Å². The van der Waals surface area contributed by atoms with Gasteiger partial charge >= 0.3 is 12.1 Å². The third kappa shape index (κ3) is 10.1. The van der Waals surface area contributed by atoms with Gasteiger partial charge in [0, 0.05) is 56.6 Å². The SMILES string of the molecule is CCOC(=O)N1CCN(C(=O)C(CCC(=O)OC(C)(C)C)NC(=O)c2cc(OCC(=O)N3CCCC3C(=O)NC3CC3)c3ccc(C)cc3n2)CC1. The number of benzene rings is 1. The molecule has 2 N–H and O–H groups in total. The number of ether oxygens (including phenoxy) is 3. The van der Waals surface area contributed by atoms with Gasteiger partial charge in [-0.3, -0.25) is 24.0 Å². The number of fused-ring (bicyclic) bond motifs is 1. The van der Waals surface area contributed by atoms with E-state index in [0.29, 0.717) is 30.3 Å². The molecule has 1 saturated carbocycles. The van der Waals surface area contributed by atoms with E-state index in [1.165, 1.54) is 11.0 Å². The Balaban J connectivity index is 1.32. The molecule has 282 valence electrons. The molecule has 2 aromatic rings. The van der Waals surface area contributed by atoms with Crippen molar-refractivity contribution in [3.63, 3.8) is 0 Å². The number of likely N-dealkylation sites (tertiary alicyclic amines) is 1. The summed E-state index contributed by atoms with van der Waals surface area (Å²) in [5.74, 6) is -1.85. The lowest BCUT2D eigenvalue weighted by Gasteiger charge is -2.36. The monoisotopic (exact) mass is 722 g/mol. The first kappa shape index (κ1) is 38.3. The molecule has 1 aromatic heterocycles. The molecule has 1 aromatic carbocycles. The number of pyridine rings is 1. The number of aryl methyl sites for hydroxylation is 1. The zero-order valence-electron chi connectivity index (χ0n) is 30.7. The van der Waals surface area contributed by atoms with Gasteiger partial charge in [-0.25, -0.2) is 9.78 Å². The highest BCUT2D eigenvalue weighted by molar-refractivity contribution is 5.99. The van der Waals surface area contributed by atoms with Crippen LogP contribution in [0.1, 0.15) is 82.3 Å². The smallest absolute Gasteiger partial charge is 0.409 e. The van der Waals surface area contributed by atoms with Gasteiger partial charge in [-0.1, -0.05) is 6.07 Å². The van der Waals surface area contributed by atoms with Crippen molar-refractivity contribution < 1.29 is 43.0 Å². The molecule has 2 saturated heterocycles. The zero-order chi connectivity index (χ0) is 37.6. The number of esters is 1. The highest BCUT2D eigenvalue weighted by Gasteiger charge is 2.37. The van der Waals surface area contributed by atoms with E-state index in [4.69, 9.17) is 14.2 Å². The van der Waals surface area contributed by atoms with Crippen LogP contribution in [0.15, 0.2) is 24.3 Å². The summed E-state index contributed by atoms with van der Waals surface area (Å²) in [6, 6.07) is 5.41. The van der Waals surface area contributed by atoms with Crippen molar-refractivity contribution in [1.82, 2.24) is 30.3 Å². The maximum Gasteiger partial charge on any atom is 0.409 e. The molecule has 15 nitrogen and oxygen atoms in total. The second-order valence-corrected chi connectivity index (χ2v) is 14.5. The Bertz CT molecular complexity index is 1680. The van der Waals surface area contributed by atoms with E-state index in [1.807, 2.05) is 13.0 Å². The summed E-state index contributed by atoms with van der Waals surface area (Å²) in [7, 11) is 0. The summed E-state index contributed by atoms with van der Waals surface area (Å²) >= 11 is 0. The number of hydrogen-bond acceptors (Lipinski definition) is 10. The molecular weight excluding hydrogens is 672 g/mol. The van der Waals surface area contributed by atoms with Crippen molar-refractivity contribution in [3.05, 3.63) is 35.5 Å². The van der Waals surface area contributed by atoms with E-state index in [1.54, 1.807) is 49.6 Å². The molecule has 15 heteroatoms. The summed E-state index contributed by atoms with van der Waals surface area (Å²) < 4.78 is 16.6. The molecule has 3 heterocycles. The van der Waals surface area contributed by atoms with Crippen LogP contribution in [-0.2, 0) is 28.7 Å². The Morgan fingerprint density at radius 3 is 2.35 bits per heavy atom. The van der Waals surface area contributed by atoms with Crippen molar-refractivity contribution in [3.8, 4) is 5.75 Å². The molecular formula is C37H50N6O9. The van der Waals surface area contributed by atoms with Crippen LogP contribution in [-0.4, -0.2) is 125 Å². The first-order valence-corrected chi connectivity index (χ1v) is 18.1. The fraction of sp³-hybridized carbons (Fsp3) is 0.595. The summed E-state index contributed by atoms with van der Waals surface area (Å²) in [5.41, 5.74) is 0.552. The van der Waals surface area contributed by atoms with Gasteiger partial charge in [-0.05, 0) is 84.4 Å². The maximum atomic E-state index is 13.9. The number of nitrogens with one attached hydrogen (secondary N) is 2. The average molecular weight is 723 g/mol. The second kappa shape index (κ2) is 16.6. The standard InChI is InChI=1S/C37H50N6O9/c1-6-50-36(49)42-18-16-41(17-19-42)35(48)26(13-14-32(45)52-37(3,4)5)40-33(46)28-21-30(25-12-9-23(2)20-27(25)39-28)51-22-31(44)43-15-7-8-29(43)34(47)38-24-10-11-24/h9,12,20-21,24,26,29H,6-8,10-11,13-19,22H2,1-5H3,(H,38,47)(H,40,46). The first-order valence-electron chi connectivity index (χ1n) is 18.1. The molecule has 3 fully saturated rings. The van der Waals surface area contributed by atoms with E-state index in [-0.39, 0.29) is 81.5 Å². The molecule has 1 aliphatic carbocycles. The van der Waals surface area contributed by atoms with Crippen LogP contribution >= 0.6 is 0 Å². The van der Waals surface area contributed by atoms with Gasteiger partial charge < -0.3 is 39.5 Å². The molecule has 2 atom stereocenters. The fourth-order valence-corrected chi connectivity index (χ4v) is 6.32. The quantitative estimate of drug-likeness (QED) is 0.310. The van der Waals surface area contributed by atoms with Crippen LogP contribution < -0.4 is 15.4 Å². The van der Waals surface area contributed by atoms with E-state index < -0.39 is 41.6 Å². The summed E-state index contributed by atoms with van der Waals surface area (Å²) in [5, 5.41) is 6.34. The van der Waals surface area contributed by atoms with Crippen LogP contribution in [0.2, 0.25) is 0 Å². The molecule has 5 amide bonds. The lowest BCUT2D eigenvalue weighted by Crippen LogP contribution is -2.56. The minimum Gasteiger partial charge on any atom is -0.483 e. The Kier molecular flexibility index (Phi) is 12.2. The predicted octanol–water partition coefficient (Wildman–Crippen LogP) is 2.71. The zero-order valence-corrected chi connectivity index (χ0v) is 30.7. The highest BCUT2D eigenvalue weighted by Crippen LogP contribution is 2.28. The molecule has 0 bridgehead atoms. The van der Waals surface area contributed by atoms with Crippen molar-refractivity contribution in [2.24, 2.45) is 0 Å². The van der Waals surface area contributed by atoms with E-state index in [2.05, 4.69) is 15.6 Å². The van der Waals surface area contributed by atoms with Crippen molar-refractivity contribution in [1.29, 1.82) is 0 Å². The Morgan fingerprint density at radius 1 is 0.962 bits per heavy atom. The number of hydrogen-bond donors (Lipinski definition) is 2. The summed E-state index contributed by atoms with van der Waals surface area (Å²) in [6.07, 6.45) is 2.58. The van der Waals surface area contributed by atoms with Crippen LogP contribution in [0, 0.1) is 6.92 Å². The number of piperazine rings is 1. The van der Waals surface area contributed by atoms with Crippen LogP contribution in [0.3, 0.4) is 0 Å². The van der Waals surface area contributed by atoms with Gasteiger partial charge in [-0.15, -0.1) is 0 Å². The van der Waals surface area contributed by atoms with Crippen molar-refractivity contribution in [2.75, 3.05) is 45.9 Å². The molecule has 2 unspecified atom stereocenters. The lowest BCUT2D eigenvalue weighted by atomic mass is 10.1. The fourth-order valence-electron chi connectivity index (χ4n) is 6.32. The van der Waals surface area contributed by atoms with Crippen molar-refractivity contribution in [2.45, 2.75) is 96.9 Å². The summed E-state index contributed by atoms with van der Waals surface area (Å²) in [4.78, 5) is 87.9. The van der Waals surface area contributed by atoms with Gasteiger partial charge in [-0.2, -0.15) is 0 Å². The number of carbonyl (C=O) groups is 6. The van der Waals surface area contributed by atoms with Crippen LogP contribution in [0.4, 0.5) is 4.79 Å². The number of carbonyl (C=O) groups excluding carboxylic acids is 6. The average Bonchev–Trinajstić information content (AvgIpc) is 3.77. The number of amides is 5. The minimum atomic E-state index is -1.11. The third-order valence-electron chi connectivity index (χ3n) is 9.09. The molecule has 2 aliphatic heterocycles. The van der Waals surface area contributed by atoms with Crippen LogP contribution in [0.5, 0.6) is 5.75 Å². The molecule has 0 radical (unpaired) electrons. The molecule has 52 heavy (non-hydrogen) atoms. The Labute approximate surface area is 303 Å². The van der Waals surface area contributed by atoms with Gasteiger partial charge in [0.25, 0.3) is 11.8 Å². The first-order chi connectivity index (χ1) is 24.7. The van der Waals surface area contributed by atoms with Gasteiger partial charge in [0.1, 0.15) is 29.1 Å². The van der Waals surface area contributed by atoms with E-state index in [0.717, 1.165) is 18.4 Å². The van der Waals surface area contributed by atoms with Crippen molar-refractivity contribution >= 4 is 46.6 Å². The number of aromatic nitrogens is 1. The molecule has 0 spiro atoms. The van der Waals surface area contributed by atoms with Gasteiger partial charge in [0.05, 0.1) is 12.1 Å². The number of rotatable bonds is 12. The predicted molar refractivity (Wildman–Crippen MR) is 189 cm³/mol. The normalized spacial score (nSPS) is 18.1. The Morgan fingerprint density at radius 2 is 1.67 bits per heavy atom. The van der Waals surface area contributed by atoms with Gasteiger partial charge in [0.15, 0.2) is 6.61 Å². The molecule has 5 rings (SSSR count). The maximum absolute atomic E-state index is 13.9. The third-order valence-corrected chi connectivity index (χ3v) is 9.09. The minimum absolute atomic E-state index is 0.0343. The second-order valence-electron chi connectivity index (χ2n) is 14.5.